The van der Waals surface area contributed by atoms with Gasteiger partial charge in [-0.25, -0.2) is 13.6 Å². The maximum atomic E-state index is 15.4. The van der Waals surface area contributed by atoms with Crippen LogP contribution in [-0.4, -0.2) is 129 Å². The van der Waals surface area contributed by atoms with Gasteiger partial charge in [-0.1, -0.05) is 19.1 Å². The molecule has 3 aromatic rings. The van der Waals surface area contributed by atoms with Crippen LogP contribution in [-0.2, 0) is 45.8 Å². The van der Waals surface area contributed by atoms with Gasteiger partial charge in [0.1, 0.15) is 11.2 Å². The Labute approximate surface area is 359 Å². The van der Waals surface area contributed by atoms with Gasteiger partial charge in [0.25, 0.3) is 0 Å². The second-order valence-corrected chi connectivity index (χ2v) is 18.7. The molecule has 1 aliphatic carbocycles. The number of nitrogens with zero attached hydrogens (tertiary/aromatic N) is 4. The van der Waals surface area contributed by atoms with Crippen molar-refractivity contribution in [3.05, 3.63) is 70.4 Å². The third-order valence-corrected chi connectivity index (χ3v) is 15.8. The summed E-state index contributed by atoms with van der Waals surface area (Å²) in [5, 5.41) is 24.1. The average molecular weight is 856 g/mol. The molecule has 13 nitrogen and oxygen atoms in total. The van der Waals surface area contributed by atoms with Crippen LogP contribution in [0.15, 0.2) is 42.5 Å². The van der Waals surface area contributed by atoms with E-state index in [2.05, 4.69) is 20.9 Å². The minimum absolute atomic E-state index is 0.0902. The summed E-state index contributed by atoms with van der Waals surface area (Å²) in [6.07, 6.45) is 4.22. The zero-order valence-corrected chi connectivity index (χ0v) is 36.3. The molecule has 9 rings (SSSR count). The van der Waals surface area contributed by atoms with E-state index in [1.165, 1.54) is 28.3 Å². The number of aromatic nitrogens is 1. The van der Waals surface area contributed by atoms with Gasteiger partial charge in [0.05, 0.1) is 39.0 Å². The molecule has 6 heterocycles. The third-order valence-electron chi connectivity index (χ3n) is 15.8. The van der Waals surface area contributed by atoms with Crippen LogP contribution in [0.5, 0.6) is 5.75 Å². The van der Waals surface area contributed by atoms with Crippen LogP contribution in [0, 0.1) is 28.6 Å². The van der Waals surface area contributed by atoms with E-state index in [-0.39, 0.29) is 25.3 Å². The van der Waals surface area contributed by atoms with E-state index in [1.54, 1.807) is 19.2 Å². The van der Waals surface area contributed by atoms with Gasteiger partial charge in [-0.05, 0) is 86.9 Å². The average Bonchev–Trinajstić information content (AvgIpc) is 3.91. The fourth-order valence-corrected chi connectivity index (χ4v) is 13.5. The zero-order chi connectivity index (χ0) is 44.3. The van der Waals surface area contributed by atoms with Crippen LogP contribution < -0.4 is 9.64 Å². The van der Waals surface area contributed by atoms with Crippen LogP contribution in [0.2, 0.25) is 0 Å². The first-order chi connectivity index (χ1) is 29.5. The largest absolute Gasteiger partial charge is 0.496 e. The lowest BCUT2D eigenvalue weighted by Crippen LogP contribution is -2.81. The number of aliphatic hydroxyl groups is 1. The van der Waals surface area contributed by atoms with Gasteiger partial charge in [-0.15, -0.1) is 0 Å². The first-order valence-electron chi connectivity index (χ1n) is 21.6. The highest BCUT2D eigenvalue weighted by atomic mass is 19.3. The van der Waals surface area contributed by atoms with E-state index >= 15 is 13.6 Å². The molecular formula is C47H55F2N5O8. The van der Waals surface area contributed by atoms with Gasteiger partial charge < -0.3 is 38.8 Å². The molecule has 2 N–H and O–H groups in total. The molecule has 1 saturated carbocycles. The molecule has 2 bridgehead atoms. The molecule has 2 aromatic carbocycles. The molecule has 0 amide bonds. The fraction of sp³-hybridized carbons (Fsp3) is 0.574. The molecule has 62 heavy (non-hydrogen) atoms. The van der Waals surface area contributed by atoms with E-state index in [0.29, 0.717) is 79.2 Å². The van der Waals surface area contributed by atoms with Crippen LogP contribution >= 0.6 is 0 Å². The highest BCUT2D eigenvalue weighted by Crippen LogP contribution is 2.68. The summed E-state index contributed by atoms with van der Waals surface area (Å²) in [6.45, 7) is 6.51. The van der Waals surface area contributed by atoms with Crippen LogP contribution in [0.1, 0.15) is 74.4 Å². The van der Waals surface area contributed by atoms with E-state index < -0.39 is 69.8 Å². The van der Waals surface area contributed by atoms with Crippen LogP contribution in [0.3, 0.4) is 0 Å². The number of nitriles is 1. The Morgan fingerprint density at radius 3 is 2.47 bits per heavy atom. The summed E-state index contributed by atoms with van der Waals surface area (Å²) < 4.78 is 54.5. The van der Waals surface area contributed by atoms with Gasteiger partial charge in [-0.3, -0.25) is 14.5 Å². The van der Waals surface area contributed by atoms with Crippen molar-refractivity contribution >= 4 is 34.5 Å². The predicted molar refractivity (Wildman–Crippen MR) is 224 cm³/mol. The van der Waals surface area contributed by atoms with Gasteiger partial charge in [0.15, 0.2) is 6.10 Å². The van der Waals surface area contributed by atoms with Crippen molar-refractivity contribution in [3.63, 3.8) is 0 Å². The second-order valence-electron chi connectivity index (χ2n) is 18.7. The molecule has 2 unspecified atom stereocenters. The molecular weight excluding hydrogens is 801 g/mol. The number of alkyl halides is 2. The lowest BCUT2D eigenvalue weighted by molar-refractivity contribution is -0.228. The minimum atomic E-state index is -2.97. The molecule has 15 heteroatoms. The van der Waals surface area contributed by atoms with E-state index in [9.17, 15) is 20.0 Å². The molecule has 5 aliphatic heterocycles. The molecule has 330 valence electrons. The number of aromatic amines is 1. The summed E-state index contributed by atoms with van der Waals surface area (Å²) >= 11 is 0. The van der Waals surface area contributed by atoms with Crippen molar-refractivity contribution < 1.29 is 47.2 Å². The Hall–Kier alpha value is -5.04. The fourth-order valence-electron chi connectivity index (χ4n) is 13.5. The summed E-state index contributed by atoms with van der Waals surface area (Å²) in [4.78, 5) is 52.7. The number of likely N-dealkylation sites (N-methyl/N-ethyl adjacent to an activating group) is 1. The number of esters is 3. The number of ether oxygens (including phenoxy) is 4. The number of H-pyrrole nitrogens is 1. The highest BCUT2D eigenvalue weighted by Gasteiger charge is 2.80. The van der Waals surface area contributed by atoms with Gasteiger partial charge in [-0.2, -0.15) is 5.26 Å². The van der Waals surface area contributed by atoms with E-state index in [1.807, 2.05) is 42.2 Å². The Morgan fingerprint density at radius 1 is 1.05 bits per heavy atom. The first-order valence-corrected chi connectivity index (χ1v) is 21.6. The van der Waals surface area contributed by atoms with Crippen LogP contribution in [0.4, 0.5) is 14.5 Å². The van der Waals surface area contributed by atoms with Crippen molar-refractivity contribution in [1.82, 2.24) is 14.8 Å². The number of halogens is 2. The third kappa shape index (κ3) is 5.54. The number of hydrogen-bond acceptors (Lipinski definition) is 12. The first kappa shape index (κ1) is 42.3. The predicted octanol–water partition coefficient (Wildman–Crippen LogP) is 4.99. The Kier molecular flexibility index (Phi) is 9.89. The van der Waals surface area contributed by atoms with Crippen molar-refractivity contribution in [2.75, 3.05) is 66.0 Å². The highest BCUT2D eigenvalue weighted by molar-refractivity contribution is 5.95. The molecule has 1 aromatic heterocycles. The zero-order valence-electron chi connectivity index (χ0n) is 36.3. The summed E-state index contributed by atoms with van der Waals surface area (Å²) in [5.74, 6) is -6.19. The standard InChI is InChI=1S/C47H55F2N5O8/c1-8-44-13-9-15-54-17-14-45(38(44)54)32-20-33(36(59-5)21-35(32)52(4)39(45)47(58,42(57)61-7)40(44)62-26(2)55)46(41(56)60-6)22-28-18-29(43(3,48)49)25-53(24-28)16-12-30-31-19-27(23-50)10-11-34(31)51-37(30)46/h9-11,13,19-21,28-29,38-40,51,58H,8,12,14-18,22,24-25H2,1-7H3/t28-,29?,38+,39-,40-,44-,45-,46+,47+/m1/s1. The molecule has 2 saturated heterocycles. The lowest BCUT2D eigenvalue weighted by Gasteiger charge is -2.63. The number of carbonyl (C=O) groups is 3. The summed E-state index contributed by atoms with van der Waals surface area (Å²) in [5.41, 5.74) is -1.77. The number of nitrogens with one attached hydrogen (secondary N) is 1. The summed E-state index contributed by atoms with van der Waals surface area (Å²) in [6, 6.07) is 10.0. The maximum absolute atomic E-state index is 15.4. The molecule has 1 spiro atoms. The monoisotopic (exact) mass is 855 g/mol. The topological polar surface area (TPSA) is 158 Å². The normalized spacial score (nSPS) is 34.7. The number of methoxy groups -OCH3 is 3. The minimum Gasteiger partial charge on any atom is -0.496 e. The number of benzene rings is 2. The smallest absolute Gasteiger partial charge is 0.344 e. The summed E-state index contributed by atoms with van der Waals surface area (Å²) in [7, 11) is 5.86. The Balaban J connectivity index is 1.37. The molecule has 3 fully saturated rings. The number of piperidine rings is 1. The number of fused-ring (bicyclic) bond motifs is 6. The second kappa shape index (κ2) is 14.5. The van der Waals surface area contributed by atoms with E-state index in [4.69, 9.17) is 18.9 Å². The number of carbonyl (C=O) groups excluding carboxylic acids is 3. The Bertz CT molecular complexity index is 2440. The molecule has 0 radical (unpaired) electrons. The van der Waals surface area contributed by atoms with Gasteiger partial charge in [0, 0.05) is 96.9 Å². The van der Waals surface area contributed by atoms with Crippen molar-refractivity contribution in [2.24, 2.45) is 17.3 Å². The van der Waals surface area contributed by atoms with Crippen LogP contribution in [0.25, 0.3) is 10.9 Å². The van der Waals surface area contributed by atoms with Gasteiger partial charge in [0.2, 0.25) is 11.5 Å². The number of anilines is 1. The quantitative estimate of drug-likeness (QED) is 0.187. The van der Waals surface area contributed by atoms with Crippen molar-refractivity contribution in [2.45, 2.75) is 93.4 Å². The number of rotatable bonds is 7. The van der Waals surface area contributed by atoms with Crippen molar-refractivity contribution in [1.29, 1.82) is 5.26 Å². The Morgan fingerprint density at radius 2 is 1.81 bits per heavy atom. The van der Waals surface area contributed by atoms with E-state index in [0.717, 1.165) is 23.4 Å². The molecule has 6 aliphatic rings. The lowest BCUT2D eigenvalue weighted by atomic mass is 9.47. The maximum Gasteiger partial charge on any atom is 0.344 e. The SMILES string of the molecule is CC[C@]12C=CCN3CC[C@@]4(c5cc([C@@]6(C(=O)OC)C[C@H]7CC(C(C)(F)F)CN(CCc8c6[nH]c6ccc(C#N)cc86)C7)c(OC)cc5N(C)[C@H]4[C@@](O)(C(=O)OC)[C@@H]1OC(C)=O)[C@@H]32. The van der Waals surface area contributed by atoms with Crippen molar-refractivity contribution in [3.8, 4) is 11.8 Å². The number of hydrogen-bond donors (Lipinski definition) is 2. The molecule has 10 atom stereocenters. The van der Waals surface area contributed by atoms with Gasteiger partial charge >= 0.3 is 17.9 Å².